The molecule has 1 heterocycles. The predicted molar refractivity (Wildman–Crippen MR) is 78.2 cm³/mol. The molecule has 1 saturated heterocycles. The SMILES string of the molecule is CCC1C(=O)NC(=O)CC1c1ccc2ccccc2c1. The van der Waals surface area contributed by atoms with Gasteiger partial charge >= 0.3 is 0 Å². The van der Waals surface area contributed by atoms with Crippen molar-refractivity contribution in [3.05, 3.63) is 48.0 Å². The standard InChI is InChI=1S/C17H17NO2/c1-2-14-15(10-16(19)18-17(14)20)13-8-7-11-5-3-4-6-12(11)9-13/h3-9,14-15H,2,10H2,1H3,(H,18,19,20). The maximum Gasteiger partial charge on any atom is 0.230 e. The van der Waals surface area contributed by atoms with Crippen molar-refractivity contribution in [1.29, 1.82) is 0 Å². The Labute approximate surface area is 118 Å². The quantitative estimate of drug-likeness (QED) is 0.850. The fourth-order valence-corrected chi connectivity index (χ4v) is 3.06. The minimum Gasteiger partial charge on any atom is -0.296 e. The van der Waals surface area contributed by atoms with Crippen LogP contribution in [0.3, 0.4) is 0 Å². The van der Waals surface area contributed by atoms with Crippen LogP contribution >= 0.6 is 0 Å². The van der Waals surface area contributed by atoms with E-state index < -0.39 is 0 Å². The first-order valence-electron chi connectivity index (χ1n) is 7.01. The van der Waals surface area contributed by atoms with E-state index in [9.17, 15) is 9.59 Å². The van der Waals surface area contributed by atoms with Crippen LogP contribution in [0.2, 0.25) is 0 Å². The molecule has 2 aromatic carbocycles. The average molecular weight is 267 g/mol. The predicted octanol–water partition coefficient (Wildman–Crippen LogP) is 3.00. The fourth-order valence-electron chi connectivity index (χ4n) is 3.06. The molecule has 1 aliphatic heterocycles. The molecule has 0 spiro atoms. The monoisotopic (exact) mass is 267 g/mol. The zero-order chi connectivity index (χ0) is 14.1. The van der Waals surface area contributed by atoms with Crippen LogP contribution in [0.1, 0.15) is 31.2 Å². The highest BCUT2D eigenvalue weighted by molar-refractivity contribution is 6.00. The molecule has 0 saturated carbocycles. The molecule has 3 nitrogen and oxygen atoms in total. The van der Waals surface area contributed by atoms with E-state index in [2.05, 4.69) is 29.6 Å². The molecule has 3 heteroatoms. The number of amides is 2. The zero-order valence-corrected chi connectivity index (χ0v) is 11.4. The summed E-state index contributed by atoms with van der Waals surface area (Å²) in [5.74, 6) is -0.431. The molecule has 0 radical (unpaired) electrons. The molecular weight excluding hydrogens is 250 g/mol. The van der Waals surface area contributed by atoms with Gasteiger partial charge in [0, 0.05) is 18.3 Å². The Balaban J connectivity index is 2.03. The van der Waals surface area contributed by atoms with Crippen LogP contribution in [-0.4, -0.2) is 11.8 Å². The number of imide groups is 1. The van der Waals surface area contributed by atoms with E-state index in [0.717, 1.165) is 17.4 Å². The van der Waals surface area contributed by atoms with E-state index in [1.54, 1.807) is 0 Å². The summed E-state index contributed by atoms with van der Waals surface area (Å²) >= 11 is 0. The van der Waals surface area contributed by atoms with E-state index in [-0.39, 0.29) is 23.7 Å². The highest BCUT2D eigenvalue weighted by Gasteiger charge is 2.35. The number of hydrogen-bond acceptors (Lipinski definition) is 2. The van der Waals surface area contributed by atoms with E-state index in [4.69, 9.17) is 0 Å². The topological polar surface area (TPSA) is 46.2 Å². The smallest absolute Gasteiger partial charge is 0.230 e. The van der Waals surface area contributed by atoms with Crippen molar-refractivity contribution in [3.63, 3.8) is 0 Å². The third-order valence-corrected chi connectivity index (χ3v) is 4.13. The van der Waals surface area contributed by atoms with Gasteiger partial charge in [0.1, 0.15) is 0 Å². The van der Waals surface area contributed by atoms with Gasteiger partial charge in [-0.15, -0.1) is 0 Å². The third-order valence-electron chi connectivity index (χ3n) is 4.13. The first-order chi connectivity index (χ1) is 9.69. The third kappa shape index (κ3) is 2.20. The van der Waals surface area contributed by atoms with Gasteiger partial charge in [-0.05, 0) is 22.8 Å². The molecule has 0 aromatic heterocycles. The molecule has 2 amide bonds. The summed E-state index contributed by atoms with van der Waals surface area (Å²) in [5, 5.41) is 4.77. The van der Waals surface area contributed by atoms with Crippen molar-refractivity contribution in [2.24, 2.45) is 5.92 Å². The number of carbonyl (C=O) groups is 2. The molecule has 20 heavy (non-hydrogen) atoms. The summed E-state index contributed by atoms with van der Waals surface area (Å²) in [6.07, 6.45) is 1.14. The second kappa shape index (κ2) is 5.08. The van der Waals surface area contributed by atoms with Crippen LogP contribution < -0.4 is 5.32 Å². The summed E-state index contributed by atoms with van der Waals surface area (Å²) in [6, 6.07) is 14.3. The summed E-state index contributed by atoms with van der Waals surface area (Å²) in [4.78, 5) is 23.6. The summed E-state index contributed by atoms with van der Waals surface area (Å²) in [5.41, 5.74) is 1.08. The van der Waals surface area contributed by atoms with E-state index in [0.29, 0.717) is 6.42 Å². The van der Waals surface area contributed by atoms with Crippen molar-refractivity contribution in [2.75, 3.05) is 0 Å². The Kier molecular flexibility index (Phi) is 3.26. The van der Waals surface area contributed by atoms with Crippen molar-refractivity contribution in [1.82, 2.24) is 5.32 Å². The normalized spacial score (nSPS) is 22.9. The van der Waals surface area contributed by atoms with Gasteiger partial charge in [0.25, 0.3) is 0 Å². The maximum absolute atomic E-state index is 12.0. The first kappa shape index (κ1) is 12.9. The number of fused-ring (bicyclic) bond motifs is 1. The molecule has 1 fully saturated rings. The Morgan fingerprint density at radius 3 is 2.60 bits per heavy atom. The number of nitrogens with one attached hydrogen (secondary N) is 1. The van der Waals surface area contributed by atoms with E-state index >= 15 is 0 Å². The zero-order valence-electron chi connectivity index (χ0n) is 11.4. The lowest BCUT2D eigenvalue weighted by Crippen LogP contribution is -2.44. The lowest BCUT2D eigenvalue weighted by atomic mass is 9.78. The molecular formula is C17H17NO2. The second-order valence-electron chi connectivity index (χ2n) is 5.34. The van der Waals surface area contributed by atoms with Gasteiger partial charge in [0.15, 0.2) is 0 Å². The molecule has 2 atom stereocenters. The minimum absolute atomic E-state index is 0.00847. The van der Waals surface area contributed by atoms with Gasteiger partial charge < -0.3 is 0 Å². The second-order valence-corrected chi connectivity index (χ2v) is 5.34. The Bertz CT molecular complexity index is 677. The van der Waals surface area contributed by atoms with Crippen molar-refractivity contribution >= 4 is 22.6 Å². The van der Waals surface area contributed by atoms with Crippen LogP contribution in [-0.2, 0) is 9.59 Å². The van der Waals surface area contributed by atoms with Crippen LogP contribution in [0, 0.1) is 5.92 Å². The molecule has 2 unspecified atom stereocenters. The molecule has 3 rings (SSSR count). The largest absolute Gasteiger partial charge is 0.296 e. The van der Waals surface area contributed by atoms with E-state index in [1.807, 2.05) is 25.1 Å². The van der Waals surface area contributed by atoms with Gasteiger partial charge in [-0.2, -0.15) is 0 Å². The Morgan fingerprint density at radius 2 is 1.85 bits per heavy atom. The molecule has 0 aliphatic carbocycles. The highest BCUT2D eigenvalue weighted by atomic mass is 16.2. The Hall–Kier alpha value is -2.16. The number of hydrogen-bond donors (Lipinski definition) is 1. The van der Waals surface area contributed by atoms with Gasteiger partial charge in [0.2, 0.25) is 11.8 Å². The fraction of sp³-hybridized carbons (Fsp3) is 0.294. The van der Waals surface area contributed by atoms with Crippen molar-refractivity contribution < 1.29 is 9.59 Å². The van der Waals surface area contributed by atoms with Gasteiger partial charge in [-0.25, -0.2) is 0 Å². The van der Waals surface area contributed by atoms with E-state index in [1.165, 1.54) is 5.39 Å². The Morgan fingerprint density at radius 1 is 1.10 bits per heavy atom. The molecule has 1 N–H and O–H groups in total. The summed E-state index contributed by atoms with van der Waals surface area (Å²) < 4.78 is 0. The lowest BCUT2D eigenvalue weighted by Gasteiger charge is -2.29. The van der Waals surface area contributed by atoms with Crippen LogP contribution in [0.5, 0.6) is 0 Å². The average Bonchev–Trinajstić information content (AvgIpc) is 2.46. The van der Waals surface area contributed by atoms with Gasteiger partial charge in [-0.1, -0.05) is 49.4 Å². The minimum atomic E-state index is -0.169. The number of rotatable bonds is 2. The summed E-state index contributed by atoms with van der Waals surface area (Å²) in [7, 11) is 0. The lowest BCUT2D eigenvalue weighted by molar-refractivity contribution is -0.137. The molecule has 102 valence electrons. The molecule has 0 bridgehead atoms. The first-order valence-corrected chi connectivity index (χ1v) is 7.01. The molecule has 1 aliphatic rings. The van der Waals surface area contributed by atoms with Crippen LogP contribution in [0.15, 0.2) is 42.5 Å². The van der Waals surface area contributed by atoms with Crippen molar-refractivity contribution in [2.45, 2.75) is 25.7 Å². The van der Waals surface area contributed by atoms with Crippen LogP contribution in [0.25, 0.3) is 10.8 Å². The number of benzene rings is 2. The number of carbonyl (C=O) groups excluding carboxylic acids is 2. The van der Waals surface area contributed by atoms with Gasteiger partial charge in [0.05, 0.1) is 0 Å². The molecule has 2 aromatic rings. The number of piperidine rings is 1. The van der Waals surface area contributed by atoms with Gasteiger partial charge in [-0.3, -0.25) is 14.9 Å². The highest BCUT2D eigenvalue weighted by Crippen LogP contribution is 2.34. The maximum atomic E-state index is 12.0. The summed E-state index contributed by atoms with van der Waals surface area (Å²) in [6.45, 7) is 1.99. The van der Waals surface area contributed by atoms with Crippen molar-refractivity contribution in [3.8, 4) is 0 Å². The van der Waals surface area contributed by atoms with Crippen LogP contribution in [0.4, 0.5) is 0 Å².